The van der Waals surface area contributed by atoms with Crippen LogP contribution in [-0.2, 0) is 11.2 Å². The molecule has 1 atom stereocenters. The number of hydrogen-bond donors (Lipinski definition) is 2. The molecular formula is C14H17N5O2. The van der Waals surface area contributed by atoms with Gasteiger partial charge in [-0.05, 0) is 25.0 Å². The van der Waals surface area contributed by atoms with Gasteiger partial charge in [0, 0.05) is 19.3 Å². The first-order chi connectivity index (χ1) is 10.1. The Morgan fingerprint density at radius 1 is 1.38 bits per heavy atom. The average Bonchev–Trinajstić information content (AvgIpc) is 2.90. The first-order valence-corrected chi connectivity index (χ1v) is 6.91. The third-order valence-electron chi connectivity index (χ3n) is 3.41. The fourth-order valence-electron chi connectivity index (χ4n) is 2.37. The summed E-state index contributed by atoms with van der Waals surface area (Å²) in [6, 6.07) is 1.70. The van der Waals surface area contributed by atoms with Gasteiger partial charge in [0.05, 0.1) is 12.5 Å². The minimum atomic E-state index is -0.320. The number of hydrogen-bond acceptors (Lipinski definition) is 6. The standard InChI is InChI=1S/C14H17N5O2/c1-8-5-9(2)12(17-7-8)13-18-11(21-19-13)6-10-14(20)16-4-3-15-10/h5,7,10,15H,3-4,6H2,1-2H3,(H,16,20). The van der Waals surface area contributed by atoms with Crippen LogP contribution in [0.1, 0.15) is 17.0 Å². The van der Waals surface area contributed by atoms with Crippen LogP contribution < -0.4 is 10.6 Å². The number of piperazine rings is 1. The molecule has 0 aliphatic carbocycles. The zero-order valence-corrected chi connectivity index (χ0v) is 12.0. The molecule has 1 amide bonds. The van der Waals surface area contributed by atoms with Gasteiger partial charge in [0.1, 0.15) is 5.69 Å². The van der Waals surface area contributed by atoms with Gasteiger partial charge >= 0.3 is 0 Å². The van der Waals surface area contributed by atoms with Crippen molar-refractivity contribution >= 4 is 5.91 Å². The number of aromatic nitrogens is 3. The summed E-state index contributed by atoms with van der Waals surface area (Å²) in [4.78, 5) is 20.4. The van der Waals surface area contributed by atoms with E-state index < -0.39 is 0 Å². The van der Waals surface area contributed by atoms with Gasteiger partial charge in [-0.2, -0.15) is 4.98 Å². The molecule has 2 aromatic rings. The summed E-state index contributed by atoms with van der Waals surface area (Å²) >= 11 is 0. The van der Waals surface area contributed by atoms with Crippen molar-refractivity contribution in [1.82, 2.24) is 25.8 Å². The number of rotatable bonds is 3. The summed E-state index contributed by atoms with van der Waals surface area (Å²) < 4.78 is 5.23. The largest absolute Gasteiger partial charge is 0.353 e. The van der Waals surface area contributed by atoms with Crippen molar-refractivity contribution in [2.45, 2.75) is 26.3 Å². The molecule has 110 valence electrons. The lowest BCUT2D eigenvalue weighted by molar-refractivity contribution is -0.124. The number of nitrogens with zero attached hydrogens (tertiary/aromatic N) is 3. The van der Waals surface area contributed by atoms with E-state index in [9.17, 15) is 4.79 Å². The van der Waals surface area contributed by atoms with Crippen molar-refractivity contribution in [2.24, 2.45) is 0 Å². The predicted molar refractivity (Wildman–Crippen MR) is 75.5 cm³/mol. The van der Waals surface area contributed by atoms with Gasteiger partial charge in [0.15, 0.2) is 0 Å². The Morgan fingerprint density at radius 2 is 2.24 bits per heavy atom. The van der Waals surface area contributed by atoms with Crippen molar-refractivity contribution in [1.29, 1.82) is 0 Å². The molecule has 1 saturated heterocycles. The molecule has 3 rings (SSSR count). The molecule has 2 aromatic heterocycles. The summed E-state index contributed by atoms with van der Waals surface area (Å²) in [5, 5.41) is 9.89. The van der Waals surface area contributed by atoms with Gasteiger partial charge in [0.2, 0.25) is 17.6 Å². The van der Waals surface area contributed by atoms with Gasteiger partial charge in [0.25, 0.3) is 0 Å². The number of carbonyl (C=O) groups excluding carboxylic acids is 1. The topological polar surface area (TPSA) is 92.9 Å². The molecule has 1 unspecified atom stereocenters. The second-order valence-corrected chi connectivity index (χ2v) is 5.19. The number of amides is 1. The van der Waals surface area contributed by atoms with E-state index in [4.69, 9.17) is 4.52 Å². The highest BCUT2D eigenvalue weighted by atomic mass is 16.5. The van der Waals surface area contributed by atoms with Crippen molar-refractivity contribution in [3.05, 3.63) is 29.3 Å². The predicted octanol–water partition coefficient (Wildman–Crippen LogP) is 0.379. The van der Waals surface area contributed by atoms with E-state index in [1.54, 1.807) is 6.20 Å². The fraction of sp³-hybridized carbons (Fsp3) is 0.429. The molecule has 0 saturated carbocycles. The maximum absolute atomic E-state index is 11.7. The Balaban J connectivity index is 1.78. The summed E-state index contributed by atoms with van der Waals surface area (Å²) in [7, 11) is 0. The van der Waals surface area contributed by atoms with Gasteiger partial charge in [-0.3, -0.25) is 9.78 Å². The van der Waals surface area contributed by atoms with E-state index in [1.165, 1.54) is 0 Å². The van der Waals surface area contributed by atoms with Crippen molar-refractivity contribution in [3.63, 3.8) is 0 Å². The summed E-state index contributed by atoms with van der Waals surface area (Å²) in [6.07, 6.45) is 2.15. The van der Waals surface area contributed by atoms with E-state index in [0.717, 1.165) is 17.7 Å². The highest BCUT2D eigenvalue weighted by Gasteiger charge is 2.24. The van der Waals surface area contributed by atoms with Crippen LogP contribution in [0.5, 0.6) is 0 Å². The molecule has 2 N–H and O–H groups in total. The maximum Gasteiger partial charge on any atom is 0.237 e. The zero-order valence-electron chi connectivity index (χ0n) is 12.0. The van der Waals surface area contributed by atoms with E-state index >= 15 is 0 Å². The molecule has 7 nitrogen and oxygen atoms in total. The van der Waals surface area contributed by atoms with Crippen LogP contribution in [0.3, 0.4) is 0 Å². The first kappa shape index (κ1) is 13.7. The number of aryl methyl sites for hydroxylation is 2. The highest BCUT2D eigenvalue weighted by Crippen LogP contribution is 2.18. The van der Waals surface area contributed by atoms with Crippen LogP contribution in [-0.4, -0.2) is 40.2 Å². The lowest BCUT2D eigenvalue weighted by atomic mass is 10.1. The molecule has 3 heterocycles. The van der Waals surface area contributed by atoms with Crippen LogP contribution >= 0.6 is 0 Å². The first-order valence-electron chi connectivity index (χ1n) is 6.91. The van der Waals surface area contributed by atoms with Gasteiger partial charge in [-0.15, -0.1) is 0 Å². The molecule has 1 fully saturated rings. The molecule has 0 aromatic carbocycles. The van der Waals surface area contributed by atoms with Crippen LogP contribution in [0.15, 0.2) is 16.8 Å². The third-order valence-corrected chi connectivity index (χ3v) is 3.41. The average molecular weight is 287 g/mol. The van der Waals surface area contributed by atoms with Crippen molar-refractivity contribution < 1.29 is 9.32 Å². The molecule has 21 heavy (non-hydrogen) atoms. The Hall–Kier alpha value is -2.28. The van der Waals surface area contributed by atoms with Gasteiger partial charge in [-0.1, -0.05) is 11.2 Å². The molecule has 1 aliphatic heterocycles. The van der Waals surface area contributed by atoms with E-state index in [1.807, 2.05) is 19.9 Å². The molecular weight excluding hydrogens is 270 g/mol. The smallest absolute Gasteiger partial charge is 0.237 e. The molecule has 0 radical (unpaired) electrons. The second-order valence-electron chi connectivity index (χ2n) is 5.19. The number of nitrogens with one attached hydrogen (secondary N) is 2. The summed E-state index contributed by atoms with van der Waals surface area (Å²) in [5.74, 6) is 0.852. The number of carbonyl (C=O) groups is 1. The normalized spacial score (nSPS) is 18.6. The van der Waals surface area contributed by atoms with Crippen LogP contribution in [0, 0.1) is 13.8 Å². The van der Waals surface area contributed by atoms with Crippen LogP contribution in [0.25, 0.3) is 11.5 Å². The monoisotopic (exact) mass is 287 g/mol. The quantitative estimate of drug-likeness (QED) is 0.847. The second kappa shape index (κ2) is 5.61. The Kier molecular flexibility index (Phi) is 3.66. The van der Waals surface area contributed by atoms with Crippen LogP contribution in [0.2, 0.25) is 0 Å². The van der Waals surface area contributed by atoms with E-state index in [2.05, 4.69) is 25.8 Å². The molecule has 0 spiro atoms. The van der Waals surface area contributed by atoms with Crippen LogP contribution in [0.4, 0.5) is 0 Å². The van der Waals surface area contributed by atoms with E-state index in [-0.39, 0.29) is 11.9 Å². The number of pyridine rings is 1. The Morgan fingerprint density at radius 3 is 3.00 bits per heavy atom. The Labute approximate surface area is 122 Å². The van der Waals surface area contributed by atoms with Gasteiger partial charge in [-0.25, -0.2) is 0 Å². The molecule has 7 heteroatoms. The van der Waals surface area contributed by atoms with Crippen molar-refractivity contribution in [2.75, 3.05) is 13.1 Å². The Bertz CT molecular complexity index is 667. The minimum Gasteiger partial charge on any atom is -0.353 e. The zero-order chi connectivity index (χ0) is 14.8. The van der Waals surface area contributed by atoms with E-state index in [0.29, 0.717) is 30.4 Å². The minimum absolute atomic E-state index is 0.0364. The lowest BCUT2D eigenvalue weighted by Crippen LogP contribution is -2.53. The molecule has 1 aliphatic rings. The fourth-order valence-corrected chi connectivity index (χ4v) is 2.37. The third kappa shape index (κ3) is 2.92. The SMILES string of the molecule is Cc1cnc(-c2noc(CC3NCCNC3=O)n2)c(C)c1. The molecule has 0 bridgehead atoms. The lowest BCUT2D eigenvalue weighted by Gasteiger charge is -2.21. The summed E-state index contributed by atoms with van der Waals surface area (Å²) in [5.41, 5.74) is 2.79. The van der Waals surface area contributed by atoms with Gasteiger partial charge < -0.3 is 15.2 Å². The maximum atomic E-state index is 11.7. The highest BCUT2D eigenvalue weighted by molar-refractivity contribution is 5.82. The summed E-state index contributed by atoms with van der Waals surface area (Å²) in [6.45, 7) is 5.34. The van der Waals surface area contributed by atoms with Crippen molar-refractivity contribution in [3.8, 4) is 11.5 Å².